The van der Waals surface area contributed by atoms with Crippen LogP contribution in [0, 0.1) is 5.82 Å². The van der Waals surface area contributed by atoms with Crippen molar-refractivity contribution in [2.45, 2.75) is 6.61 Å². The Morgan fingerprint density at radius 1 is 1.19 bits per heavy atom. The van der Waals surface area contributed by atoms with E-state index in [9.17, 15) is 9.18 Å². The summed E-state index contributed by atoms with van der Waals surface area (Å²) in [4.78, 5) is 11.6. The summed E-state index contributed by atoms with van der Waals surface area (Å²) in [6.45, 7) is 0.0259. The summed E-state index contributed by atoms with van der Waals surface area (Å²) in [6, 6.07) is 14.6. The van der Waals surface area contributed by atoms with Gasteiger partial charge < -0.3 is 9.15 Å². The molecule has 0 aliphatic heterocycles. The van der Waals surface area contributed by atoms with Crippen LogP contribution in [0.15, 0.2) is 70.4 Å². The highest BCUT2D eigenvalue weighted by Gasteiger charge is 2.08. The summed E-state index contributed by atoms with van der Waals surface area (Å²) in [6.07, 6.45) is 2.89. The summed E-state index contributed by atoms with van der Waals surface area (Å²) >= 11 is 5.96. The Hall–Kier alpha value is -3.12. The maximum Gasteiger partial charge on any atom is 0.307 e. The number of amides is 1. The van der Waals surface area contributed by atoms with Gasteiger partial charge in [0.05, 0.1) is 17.5 Å². The Labute approximate surface area is 154 Å². The lowest BCUT2D eigenvalue weighted by Gasteiger charge is -2.08. The highest BCUT2D eigenvalue weighted by atomic mass is 35.5. The lowest BCUT2D eigenvalue weighted by Crippen LogP contribution is -2.16. The van der Waals surface area contributed by atoms with Crippen LogP contribution >= 0.6 is 11.6 Å². The van der Waals surface area contributed by atoms with Gasteiger partial charge in [-0.25, -0.2) is 9.82 Å². The summed E-state index contributed by atoms with van der Waals surface area (Å²) in [5, 5.41) is 4.17. The van der Waals surface area contributed by atoms with Crippen molar-refractivity contribution in [1.82, 2.24) is 5.43 Å². The quantitative estimate of drug-likeness (QED) is 0.514. The molecule has 0 saturated heterocycles. The SMILES string of the molecule is O=C(N/N=C\c1ccc(OCc2c(F)cccc2Cl)cc1)c1ccco1. The van der Waals surface area contributed by atoms with Crippen LogP contribution in [0.2, 0.25) is 5.02 Å². The van der Waals surface area contributed by atoms with E-state index in [0.717, 1.165) is 5.56 Å². The zero-order valence-electron chi connectivity index (χ0n) is 13.5. The highest BCUT2D eigenvalue weighted by molar-refractivity contribution is 6.31. The molecule has 1 heterocycles. The standard InChI is InChI=1S/C19H14ClFN2O3/c20-16-3-1-4-17(21)15(16)12-26-14-8-6-13(7-9-14)11-22-23-19(24)18-5-2-10-25-18/h1-11H,12H2,(H,23,24)/b22-11-. The molecular weight excluding hydrogens is 359 g/mol. The fourth-order valence-electron chi connectivity index (χ4n) is 2.10. The maximum absolute atomic E-state index is 13.7. The summed E-state index contributed by atoms with van der Waals surface area (Å²) in [5.74, 6) is -0.111. The number of carbonyl (C=O) groups is 1. The molecule has 26 heavy (non-hydrogen) atoms. The van der Waals surface area contributed by atoms with E-state index in [1.165, 1.54) is 18.5 Å². The Morgan fingerprint density at radius 3 is 2.69 bits per heavy atom. The highest BCUT2D eigenvalue weighted by Crippen LogP contribution is 2.21. The van der Waals surface area contributed by atoms with Gasteiger partial charge in [-0.1, -0.05) is 17.7 Å². The van der Waals surface area contributed by atoms with Crippen LogP contribution in [0.1, 0.15) is 21.7 Å². The Bertz CT molecular complexity index is 889. The third-order valence-corrected chi connectivity index (χ3v) is 3.80. The largest absolute Gasteiger partial charge is 0.489 e. The number of furan rings is 1. The number of rotatable bonds is 6. The average molecular weight is 373 g/mol. The van der Waals surface area contributed by atoms with Gasteiger partial charge in [0, 0.05) is 5.56 Å². The second-order valence-corrected chi connectivity index (χ2v) is 5.64. The molecule has 0 bridgehead atoms. The van der Waals surface area contributed by atoms with Gasteiger partial charge in [0.2, 0.25) is 0 Å². The van der Waals surface area contributed by atoms with E-state index in [1.807, 2.05) is 0 Å². The molecule has 0 fully saturated rings. The predicted octanol–water partition coefficient (Wildman–Crippen LogP) is 4.42. The van der Waals surface area contributed by atoms with Crippen LogP contribution < -0.4 is 10.2 Å². The minimum atomic E-state index is -0.437. The zero-order valence-corrected chi connectivity index (χ0v) is 14.2. The van der Waals surface area contributed by atoms with Crippen LogP contribution in [0.25, 0.3) is 0 Å². The Balaban J connectivity index is 1.55. The first kappa shape index (κ1) is 17.7. The van der Waals surface area contributed by atoms with Gasteiger partial charge in [0.25, 0.3) is 0 Å². The van der Waals surface area contributed by atoms with Crippen molar-refractivity contribution in [3.63, 3.8) is 0 Å². The molecule has 0 atom stereocenters. The fraction of sp³-hybridized carbons (Fsp3) is 0.0526. The number of ether oxygens (including phenoxy) is 1. The number of benzene rings is 2. The second kappa shape index (κ2) is 8.31. The molecule has 0 aliphatic rings. The van der Waals surface area contributed by atoms with Gasteiger partial charge in [-0.15, -0.1) is 0 Å². The number of hydrogen-bond donors (Lipinski definition) is 1. The maximum atomic E-state index is 13.7. The zero-order chi connectivity index (χ0) is 18.4. The van der Waals surface area contributed by atoms with E-state index in [0.29, 0.717) is 16.3 Å². The molecule has 5 nitrogen and oxygen atoms in total. The average Bonchev–Trinajstić information content (AvgIpc) is 3.17. The van der Waals surface area contributed by atoms with E-state index in [2.05, 4.69) is 10.5 Å². The minimum Gasteiger partial charge on any atom is -0.489 e. The number of hydrazone groups is 1. The molecule has 1 N–H and O–H groups in total. The number of halogens is 2. The minimum absolute atomic E-state index is 0.0259. The monoisotopic (exact) mass is 372 g/mol. The first-order chi connectivity index (χ1) is 12.6. The lowest BCUT2D eigenvalue weighted by atomic mass is 10.2. The summed E-state index contributed by atoms with van der Waals surface area (Å²) < 4.78 is 24.2. The molecule has 2 aromatic carbocycles. The molecule has 1 aromatic heterocycles. The molecule has 132 valence electrons. The van der Waals surface area contributed by atoms with Crippen LogP contribution in [0.4, 0.5) is 4.39 Å². The first-order valence-corrected chi connectivity index (χ1v) is 8.04. The summed E-state index contributed by atoms with van der Waals surface area (Å²) in [5.41, 5.74) is 3.41. The van der Waals surface area contributed by atoms with Gasteiger partial charge in [-0.2, -0.15) is 5.10 Å². The topological polar surface area (TPSA) is 63.8 Å². The third kappa shape index (κ3) is 4.49. The van der Waals surface area contributed by atoms with E-state index >= 15 is 0 Å². The van der Waals surface area contributed by atoms with Crippen LogP contribution in [-0.2, 0) is 6.61 Å². The van der Waals surface area contributed by atoms with Gasteiger partial charge >= 0.3 is 5.91 Å². The molecule has 0 unspecified atom stereocenters. The molecule has 0 radical (unpaired) electrons. The lowest BCUT2D eigenvalue weighted by molar-refractivity contribution is 0.0927. The van der Waals surface area contributed by atoms with Gasteiger partial charge in [0.15, 0.2) is 5.76 Å². The van der Waals surface area contributed by atoms with Crippen LogP contribution in [0.5, 0.6) is 5.75 Å². The molecule has 7 heteroatoms. The smallest absolute Gasteiger partial charge is 0.307 e. The van der Waals surface area contributed by atoms with Crippen LogP contribution in [-0.4, -0.2) is 12.1 Å². The number of hydrogen-bond acceptors (Lipinski definition) is 4. The normalized spacial score (nSPS) is 10.8. The predicted molar refractivity (Wildman–Crippen MR) is 96.0 cm³/mol. The van der Waals surface area contributed by atoms with E-state index in [-0.39, 0.29) is 12.4 Å². The van der Waals surface area contributed by atoms with E-state index in [1.54, 1.807) is 48.5 Å². The Morgan fingerprint density at radius 2 is 2.00 bits per heavy atom. The third-order valence-electron chi connectivity index (χ3n) is 3.45. The Kier molecular flexibility index (Phi) is 5.66. The molecule has 3 aromatic rings. The van der Waals surface area contributed by atoms with Crippen molar-refractivity contribution in [2.75, 3.05) is 0 Å². The molecule has 0 spiro atoms. The van der Waals surface area contributed by atoms with E-state index < -0.39 is 11.7 Å². The van der Waals surface area contributed by atoms with Crippen molar-refractivity contribution < 1.29 is 18.3 Å². The van der Waals surface area contributed by atoms with Crippen molar-refractivity contribution >= 4 is 23.7 Å². The first-order valence-electron chi connectivity index (χ1n) is 7.66. The van der Waals surface area contributed by atoms with Crippen molar-refractivity contribution in [3.05, 3.63) is 88.6 Å². The van der Waals surface area contributed by atoms with Crippen molar-refractivity contribution in [1.29, 1.82) is 0 Å². The van der Waals surface area contributed by atoms with Gasteiger partial charge in [0.1, 0.15) is 18.2 Å². The van der Waals surface area contributed by atoms with Crippen LogP contribution in [0.3, 0.4) is 0 Å². The van der Waals surface area contributed by atoms with E-state index in [4.69, 9.17) is 20.8 Å². The van der Waals surface area contributed by atoms with Crippen molar-refractivity contribution in [3.8, 4) is 5.75 Å². The summed E-state index contributed by atoms with van der Waals surface area (Å²) in [7, 11) is 0. The van der Waals surface area contributed by atoms with Gasteiger partial charge in [-0.05, 0) is 54.1 Å². The number of nitrogens with one attached hydrogen (secondary N) is 1. The second-order valence-electron chi connectivity index (χ2n) is 5.23. The molecular formula is C19H14ClFN2O3. The molecule has 0 aliphatic carbocycles. The number of nitrogens with zero attached hydrogens (tertiary/aromatic N) is 1. The fourth-order valence-corrected chi connectivity index (χ4v) is 2.32. The molecule has 3 rings (SSSR count). The molecule has 1 amide bonds. The molecule has 0 saturated carbocycles. The van der Waals surface area contributed by atoms with Crippen molar-refractivity contribution in [2.24, 2.45) is 5.10 Å². The number of carbonyl (C=O) groups excluding carboxylic acids is 1. The van der Waals surface area contributed by atoms with Gasteiger partial charge in [-0.3, -0.25) is 4.79 Å².